The molecule has 27 heavy (non-hydrogen) atoms. The number of carbonyl (C=O) groups excluding carboxylic acids is 3. The lowest BCUT2D eigenvalue weighted by molar-refractivity contribution is -0.137. The molecule has 3 amide bonds. The maximum atomic E-state index is 13.1. The predicted octanol–water partition coefficient (Wildman–Crippen LogP) is 2.57. The van der Waals surface area contributed by atoms with Gasteiger partial charge in [-0.05, 0) is 37.1 Å². The summed E-state index contributed by atoms with van der Waals surface area (Å²) in [6, 6.07) is 2.43. The lowest BCUT2D eigenvalue weighted by atomic mass is 10.1. The van der Waals surface area contributed by atoms with Crippen molar-refractivity contribution in [2.24, 2.45) is 0 Å². The summed E-state index contributed by atoms with van der Waals surface area (Å²) in [7, 11) is 0. The minimum Gasteiger partial charge on any atom is -0.350 e. The molecular weight excluding hydrogens is 363 g/mol. The van der Waals surface area contributed by atoms with Crippen molar-refractivity contribution in [2.75, 3.05) is 18.4 Å². The molecule has 1 aromatic rings. The average Bonchev–Trinajstić information content (AvgIpc) is 3.05. The van der Waals surface area contributed by atoms with Gasteiger partial charge in [0.2, 0.25) is 11.8 Å². The van der Waals surface area contributed by atoms with Crippen molar-refractivity contribution in [1.82, 2.24) is 10.2 Å². The Morgan fingerprint density at radius 1 is 1.30 bits per heavy atom. The quantitative estimate of drug-likeness (QED) is 0.767. The average molecular weight is 383 g/mol. The molecule has 146 valence electrons. The monoisotopic (exact) mass is 383 g/mol. The third-order valence-electron chi connectivity index (χ3n) is 4.18. The van der Waals surface area contributed by atoms with Crippen LogP contribution in [-0.2, 0) is 15.8 Å². The zero-order chi connectivity index (χ0) is 20.2. The van der Waals surface area contributed by atoms with Gasteiger partial charge in [-0.2, -0.15) is 13.2 Å². The largest absolute Gasteiger partial charge is 0.416 e. The Hall–Kier alpha value is -2.84. The highest BCUT2D eigenvalue weighted by Gasteiger charge is 2.32. The molecule has 1 aromatic carbocycles. The standard InChI is InChI=1S/C18H20F3N3O3/c1-3-16(26)24-6-4-5-15(24)10-22-17(27)12-7-13(18(19,20)21)9-14(8-12)23-11(2)25/h3,7-9,15H,1,4-6,10H2,2H3,(H,22,27)(H,23,25). The highest BCUT2D eigenvalue weighted by Crippen LogP contribution is 2.32. The molecule has 2 rings (SSSR count). The second kappa shape index (κ2) is 8.24. The van der Waals surface area contributed by atoms with Gasteiger partial charge in [-0.25, -0.2) is 0 Å². The lowest BCUT2D eigenvalue weighted by Crippen LogP contribution is -2.42. The normalized spacial score (nSPS) is 16.7. The van der Waals surface area contributed by atoms with Gasteiger partial charge in [0.25, 0.3) is 5.91 Å². The molecule has 1 fully saturated rings. The van der Waals surface area contributed by atoms with Crippen molar-refractivity contribution in [2.45, 2.75) is 32.0 Å². The van der Waals surface area contributed by atoms with E-state index in [4.69, 9.17) is 0 Å². The minimum atomic E-state index is -4.66. The van der Waals surface area contributed by atoms with Gasteiger partial charge >= 0.3 is 6.18 Å². The van der Waals surface area contributed by atoms with Crippen LogP contribution in [0.3, 0.4) is 0 Å². The van der Waals surface area contributed by atoms with E-state index in [1.165, 1.54) is 12.1 Å². The van der Waals surface area contributed by atoms with Crippen LogP contribution in [0.5, 0.6) is 0 Å². The first kappa shape index (κ1) is 20.5. The number of hydrogen-bond donors (Lipinski definition) is 2. The van der Waals surface area contributed by atoms with E-state index in [1.807, 2.05) is 0 Å². The van der Waals surface area contributed by atoms with Crippen LogP contribution >= 0.6 is 0 Å². The summed E-state index contributed by atoms with van der Waals surface area (Å²) >= 11 is 0. The summed E-state index contributed by atoms with van der Waals surface area (Å²) in [6.45, 7) is 5.25. The lowest BCUT2D eigenvalue weighted by Gasteiger charge is -2.23. The van der Waals surface area contributed by atoms with Gasteiger partial charge in [0.1, 0.15) is 0 Å². The molecule has 0 bridgehead atoms. The second-order valence-corrected chi connectivity index (χ2v) is 6.22. The molecule has 1 aliphatic heterocycles. The van der Waals surface area contributed by atoms with E-state index in [0.717, 1.165) is 25.5 Å². The van der Waals surface area contributed by atoms with Crippen LogP contribution in [0.25, 0.3) is 0 Å². The highest BCUT2D eigenvalue weighted by atomic mass is 19.4. The molecule has 0 aromatic heterocycles. The van der Waals surface area contributed by atoms with Crippen LogP contribution in [0.15, 0.2) is 30.9 Å². The van der Waals surface area contributed by atoms with Gasteiger partial charge in [0.05, 0.1) is 5.56 Å². The van der Waals surface area contributed by atoms with Crippen molar-refractivity contribution in [3.8, 4) is 0 Å². The Kier molecular flexibility index (Phi) is 6.24. The van der Waals surface area contributed by atoms with Crippen LogP contribution in [0.4, 0.5) is 18.9 Å². The van der Waals surface area contributed by atoms with Crippen molar-refractivity contribution >= 4 is 23.4 Å². The number of halogens is 3. The fraction of sp³-hybridized carbons (Fsp3) is 0.389. The Morgan fingerprint density at radius 2 is 2.00 bits per heavy atom. The fourth-order valence-corrected chi connectivity index (χ4v) is 2.97. The molecule has 1 aliphatic rings. The maximum absolute atomic E-state index is 13.1. The number of carbonyl (C=O) groups is 3. The third kappa shape index (κ3) is 5.32. The third-order valence-corrected chi connectivity index (χ3v) is 4.18. The van der Waals surface area contributed by atoms with Gasteiger partial charge in [-0.3, -0.25) is 14.4 Å². The zero-order valence-corrected chi connectivity index (χ0v) is 14.7. The van der Waals surface area contributed by atoms with Crippen LogP contribution in [0.2, 0.25) is 0 Å². The minimum absolute atomic E-state index is 0.115. The van der Waals surface area contributed by atoms with Crippen LogP contribution in [0.1, 0.15) is 35.7 Å². The first-order valence-electron chi connectivity index (χ1n) is 8.33. The summed E-state index contributed by atoms with van der Waals surface area (Å²) in [5, 5.41) is 4.82. The number of amides is 3. The number of anilines is 1. The number of nitrogens with one attached hydrogen (secondary N) is 2. The molecule has 0 saturated carbocycles. The predicted molar refractivity (Wildman–Crippen MR) is 93.0 cm³/mol. The first-order chi connectivity index (χ1) is 12.6. The van der Waals surface area contributed by atoms with Gasteiger partial charge in [-0.15, -0.1) is 0 Å². The summed E-state index contributed by atoms with van der Waals surface area (Å²) in [6.07, 6.45) is -2.02. The van der Waals surface area contributed by atoms with E-state index < -0.39 is 23.6 Å². The number of likely N-dealkylation sites (tertiary alicyclic amines) is 1. The van der Waals surface area contributed by atoms with E-state index >= 15 is 0 Å². The molecule has 1 atom stereocenters. The Labute approximate surface area is 154 Å². The summed E-state index contributed by atoms with van der Waals surface area (Å²) < 4.78 is 39.2. The van der Waals surface area contributed by atoms with Gasteiger partial charge in [-0.1, -0.05) is 6.58 Å². The SMILES string of the molecule is C=CC(=O)N1CCCC1CNC(=O)c1cc(NC(C)=O)cc(C(F)(F)F)c1. The molecule has 1 saturated heterocycles. The van der Waals surface area contributed by atoms with Crippen molar-refractivity contribution in [3.05, 3.63) is 42.0 Å². The highest BCUT2D eigenvalue weighted by molar-refractivity contribution is 5.97. The summed E-state index contributed by atoms with van der Waals surface area (Å²) in [5.41, 5.74) is -1.39. The summed E-state index contributed by atoms with van der Waals surface area (Å²) in [5.74, 6) is -1.52. The topological polar surface area (TPSA) is 78.5 Å². The fourth-order valence-electron chi connectivity index (χ4n) is 2.97. The molecule has 0 aliphatic carbocycles. The molecular formula is C18H20F3N3O3. The Morgan fingerprint density at radius 3 is 2.59 bits per heavy atom. The molecule has 6 nitrogen and oxygen atoms in total. The molecule has 0 spiro atoms. The van der Waals surface area contributed by atoms with Crippen molar-refractivity contribution < 1.29 is 27.6 Å². The van der Waals surface area contributed by atoms with E-state index in [2.05, 4.69) is 17.2 Å². The number of alkyl halides is 3. The number of nitrogens with zero attached hydrogens (tertiary/aromatic N) is 1. The van der Waals surface area contributed by atoms with Crippen molar-refractivity contribution in [1.29, 1.82) is 0 Å². The molecule has 1 heterocycles. The first-order valence-corrected chi connectivity index (χ1v) is 8.33. The van der Waals surface area contributed by atoms with Crippen LogP contribution in [0, 0.1) is 0 Å². The van der Waals surface area contributed by atoms with Gasteiger partial charge in [0, 0.05) is 37.3 Å². The van der Waals surface area contributed by atoms with Crippen LogP contribution in [-0.4, -0.2) is 41.8 Å². The zero-order valence-electron chi connectivity index (χ0n) is 14.7. The van der Waals surface area contributed by atoms with Crippen LogP contribution < -0.4 is 10.6 Å². The molecule has 0 radical (unpaired) electrons. The number of hydrogen-bond acceptors (Lipinski definition) is 3. The van der Waals surface area contributed by atoms with E-state index in [9.17, 15) is 27.6 Å². The number of benzene rings is 1. The van der Waals surface area contributed by atoms with Crippen molar-refractivity contribution in [3.63, 3.8) is 0 Å². The number of rotatable bonds is 5. The molecule has 1 unspecified atom stereocenters. The maximum Gasteiger partial charge on any atom is 0.416 e. The second-order valence-electron chi connectivity index (χ2n) is 6.22. The summed E-state index contributed by atoms with van der Waals surface area (Å²) in [4.78, 5) is 36.8. The molecule has 2 N–H and O–H groups in total. The van der Waals surface area contributed by atoms with E-state index in [-0.39, 0.29) is 29.7 Å². The Balaban J connectivity index is 2.16. The van der Waals surface area contributed by atoms with E-state index in [1.54, 1.807) is 4.90 Å². The molecule has 9 heteroatoms. The van der Waals surface area contributed by atoms with Gasteiger partial charge < -0.3 is 15.5 Å². The van der Waals surface area contributed by atoms with Gasteiger partial charge in [0.15, 0.2) is 0 Å². The Bertz CT molecular complexity index is 762. The van der Waals surface area contributed by atoms with E-state index in [0.29, 0.717) is 13.0 Å². The smallest absolute Gasteiger partial charge is 0.350 e.